The Balaban J connectivity index is 1.31. The molecule has 2 aromatic carbocycles. The van der Waals surface area contributed by atoms with Crippen molar-refractivity contribution in [1.29, 1.82) is 0 Å². The number of aromatic nitrogens is 4. The predicted molar refractivity (Wildman–Crippen MR) is 118 cm³/mol. The quantitative estimate of drug-likeness (QED) is 0.383. The van der Waals surface area contributed by atoms with Crippen LogP contribution < -0.4 is 5.73 Å². The summed E-state index contributed by atoms with van der Waals surface area (Å²) < 4.78 is 1.59. The second-order valence-corrected chi connectivity index (χ2v) is 8.12. The Bertz CT molecular complexity index is 1460. The van der Waals surface area contributed by atoms with Crippen LogP contribution in [0.5, 0.6) is 0 Å². The number of nitrogens with two attached hydrogens (primary N) is 1. The predicted octanol–water partition coefficient (Wildman–Crippen LogP) is 4.58. The van der Waals surface area contributed by atoms with Crippen molar-refractivity contribution in [3.63, 3.8) is 0 Å². The van der Waals surface area contributed by atoms with Crippen LogP contribution in [0.1, 0.15) is 46.1 Å². The normalized spacial score (nSPS) is 15.0. The SMILES string of the molecule is [C-]#[N+]c1ccc2c(c1)CC(C(=O)c1cnn(-c3ccc4nc(C5CC5)[nH]c4c3)c1N)=C2. The van der Waals surface area contributed by atoms with Gasteiger partial charge in [0, 0.05) is 17.9 Å². The Morgan fingerprint density at radius 1 is 1.23 bits per heavy atom. The standard InChI is InChI=1S/C24H18N6O/c1-26-17-5-4-14-8-16(9-15(14)10-17)22(31)19-12-27-30(23(19)25)18-6-7-20-21(11-18)29-24(28-20)13-2-3-13/h4-8,10-13H,2-3,9,25H2,(H,28,29). The molecule has 4 aromatic rings. The van der Waals surface area contributed by atoms with Crippen LogP contribution in [-0.4, -0.2) is 25.5 Å². The zero-order valence-electron chi connectivity index (χ0n) is 16.6. The maximum Gasteiger partial charge on any atom is 0.194 e. The van der Waals surface area contributed by atoms with Crippen LogP contribution in [0.4, 0.5) is 11.5 Å². The van der Waals surface area contributed by atoms with Gasteiger partial charge in [-0.2, -0.15) is 5.10 Å². The molecule has 1 fully saturated rings. The van der Waals surface area contributed by atoms with E-state index in [2.05, 4.69) is 19.9 Å². The van der Waals surface area contributed by atoms with Crippen LogP contribution >= 0.6 is 0 Å². The van der Waals surface area contributed by atoms with Crippen LogP contribution in [0.25, 0.3) is 27.6 Å². The number of carbonyl (C=O) groups is 1. The first-order valence-electron chi connectivity index (χ1n) is 10.2. The number of nitrogen functional groups attached to an aromatic ring is 1. The number of carbonyl (C=O) groups excluding carboxylic acids is 1. The van der Waals surface area contributed by atoms with Crippen molar-refractivity contribution in [1.82, 2.24) is 19.7 Å². The second kappa shape index (κ2) is 6.41. The largest absolute Gasteiger partial charge is 0.383 e. The average molecular weight is 406 g/mol. The third kappa shape index (κ3) is 2.84. The number of benzene rings is 2. The van der Waals surface area contributed by atoms with Crippen molar-refractivity contribution in [3.8, 4) is 5.69 Å². The number of imidazole rings is 1. The summed E-state index contributed by atoms with van der Waals surface area (Å²) in [4.78, 5) is 24.7. The molecule has 2 heterocycles. The molecule has 0 bridgehead atoms. The Labute approximate surface area is 178 Å². The molecule has 31 heavy (non-hydrogen) atoms. The monoisotopic (exact) mass is 406 g/mol. The van der Waals surface area contributed by atoms with Crippen molar-refractivity contribution in [2.75, 3.05) is 5.73 Å². The minimum atomic E-state index is -0.136. The van der Waals surface area contributed by atoms with E-state index in [1.54, 1.807) is 10.7 Å². The lowest BCUT2D eigenvalue weighted by Crippen LogP contribution is -2.08. The smallest absolute Gasteiger partial charge is 0.194 e. The summed E-state index contributed by atoms with van der Waals surface area (Å²) in [5, 5.41) is 4.39. The molecule has 2 aliphatic carbocycles. The zero-order chi connectivity index (χ0) is 21.1. The fraction of sp³-hybridized carbons (Fsp3) is 0.167. The van der Waals surface area contributed by atoms with Gasteiger partial charge in [-0.15, -0.1) is 0 Å². The molecule has 0 unspecified atom stereocenters. The summed E-state index contributed by atoms with van der Waals surface area (Å²) >= 11 is 0. The number of aromatic amines is 1. The van der Waals surface area contributed by atoms with Crippen molar-refractivity contribution in [3.05, 3.63) is 82.1 Å². The third-order valence-corrected chi connectivity index (χ3v) is 6.00. The highest BCUT2D eigenvalue weighted by molar-refractivity contribution is 6.15. The number of anilines is 1. The zero-order valence-corrected chi connectivity index (χ0v) is 16.6. The van der Waals surface area contributed by atoms with Crippen molar-refractivity contribution < 1.29 is 4.79 Å². The van der Waals surface area contributed by atoms with Gasteiger partial charge >= 0.3 is 0 Å². The molecule has 7 heteroatoms. The van der Waals surface area contributed by atoms with Crippen LogP contribution in [-0.2, 0) is 6.42 Å². The maximum atomic E-state index is 13.2. The topological polar surface area (TPSA) is 94.0 Å². The summed E-state index contributed by atoms with van der Waals surface area (Å²) in [5.74, 6) is 1.75. The molecule has 2 aliphatic rings. The van der Waals surface area contributed by atoms with E-state index in [0.29, 0.717) is 35.0 Å². The van der Waals surface area contributed by atoms with Gasteiger partial charge in [-0.25, -0.2) is 14.5 Å². The maximum absolute atomic E-state index is 13.2. The van der Waals surface area contributed by atoms with Crippen LogP contribution in [0.2, 0.25) is 0 Å². The van der Waals surface area contributed by atoms with Gasteiger partial charge in [0.05, 0.1) is 35.1 Å². The minimum absolute atomic E-state index is 0.136. The number of nitrogens with zero attached hydrogens (tertiary/aromatic N) is 4. The Hall–Kier alpha value is -4.18. The summed E-state index contributed by atoms with van der Waals surface area (Å²) in [6, 6.07) is 11.3. The molecule has 2 aromatic heterocycles. The Morgan fingerprint density at radius 3 is 2.90 bits per heavy atom. The summed E-state index contributed by atoms with van der Waals surface area (Å²) in [5.41, 5.74) is 12.5. The van der Waals surface area contributed by atoms with Crippen LogP contribution in [0.3, 0.4) is 0 Å². The number of fused-ring (bicyclic) bond motifs is 2. The van der Waals surface area contributed by atoms with E-state index in [0.717, 1.165) is 33.7 Å². The minimum Gasteiger partial charge on any atom is -0.383 e. The van der Waals surface area contributed by atoms with E-state index >= 15 is 0 Å². The number of ketones is 1. The molecule has 150 valence electrons. The van der Waals surface area contributed by atoms with Gasteiger partial charge in [0.25, 0.3) is 0 Å². The first-order chi connectivity index (χ1) is 15.1. The lowest BCUT2D eigenvalue weighted by Gasteiger charge is -2.06. The molecule has 0 saturated heterocycles. The lowest BCUT2D eigenvalue weighted by atomic mass is 10.0. The third-order valence-electron chi connectivity index (χ3n) is 6.00. The number of Topliss-reactive ketones (excluding diaryl/α,β-unsaturated/α-hetero) is 1. The number of rotatable bonds is 4. The number of hydrogen-bond acceptors (Lipinski definition) is 4. The molecule has 0 atom stereocenters. The fourth-order valence-corrected chi connectivity index (χ4v) is 4.16. The molecule has 0 radical (unpaired) electrons. The second-order valence-electron chi connectivity index (χ2n) is 8.12. The number of nitrogens with one attached hydrogen (secondary N) is 1. The Morgan fingerprint density at radius 2 is 2.10 bits per heavy atom. The van der Waals surface area contributed by atoms with Crippen molar-refractivity contribution >= 4 is 34.4 Å². The Kier molecular flexibility index (Phi) is 3.65. The van der Waals surface area contributed by atoms with Crippen molar-refractivity contribution in [2.24, 2.45) is 0 Å². The highest BCUT2D eigenvalue weighted by atomic mass is 16.1. The van der Waals surface area contributed by atoms with E-state index in [4.69, 9.17) is 12.3 Å². The van der Waals surface area contributed by atoms with E-state index < -0.39 is 0 Å². The highest BCUT2D eigenvalue weighted by Gasteiger charge is 2.27. The van der Waals surface area contributed by atoms with Gasteiger partial charge in [-0.3, -0.25) is 4.79 Å². The number of allylic oxidation sites excluding steroid dienone is 1. The summed E-state index contributed by atoms with van der Waals surface area (Å²) in [6.07, 6.45) is 6.26. The molecule has 6 rings (SSSR count). The molecule has 0 amide bonds. The average Bonchev–Trinajstić information content (AvgIpc) is 3.23. The fourth-order valence-electron chi connectivity index (χ4n) is 4.16. The van der Waals surface area contributed by atoms with Crippen molar-refractivity contribution in [2.45, 2.75) is 25.2 Å². The first kappa shape index (κ1) is 17.7. The van der Waals surface area contributed by atoms with Gasteiger partial charge in [-0.1, -0.05) is 18.2 Å². The summed E-state index contributed by atoms with van der Waals surface area (Å²) in [7, 11) is 0. The van der Waals surface area contributed by atoms with E-state index in [9.17, 15) is 4.79 Å². The molecule has 0 aliphatic heterocycles. The number of H-pyrrole nitrogens is 1. The number of hydrogen-bond donors (Lipinski definition) is 2. The van der Waals surface area contributed by atoms with E-state index in [1.807, 2.05) is 36.4 Å². The summed E-state index contributed by atoms with van der Waals surface area (Å²) in [6.45, 7) is 7.17. The van der Waals surface area contributed by atoms with Crippen LogP contribution in [0.15, 0.2) is 48.2 Å². The van der Waals surface area contributed by atoms with E-state index in [-0.39, 0.29) is 5.78 Å². The molecular weight excluding hydrogens is 388 g/mol. The van der Waals surface area contributed by atoms with Gasteiger partial charge in [0.15, 0.2) is 11.5 Å². The highest BCUT2D eigenvalue weighted by Crippen LogP contribution is 2.39. The van der Waals surface area contributed by atoms with Crippen LogP contribution in [0, 0.1) is 6.57 Å². The van der Waals surface area contributed by atoms with E-state index in [1.165, 1.54) is 19.0 Å². The first-order valence-corrected chi connectivity index (χ1v) is 10.2. The molecule has 0 spiro atoms. The van der Waals surface area contributed by atoms with Gasteiger partial charge < -0.3 is 10.7 Å². The molecule has 1 saturated carbocycles. The lowest BCUT2D eigenvalue weighted by molar-refractivity contribution is 0.103. The van der Waals surface area contributed by atoms with Gasteiger partial charge in [0.2, 0.25) is 0 Å². The van der Waals surface area contributed by atoms with Gasteiger partial charge in [-0.05, 0) is 48.2 Å². The molecular formula is C24H18N6O. The molecule has 3 N–H and O–H groups in total. The molecule has 7 nitrogen and oxygen atoms in total. The van der Waals surface area contributed by atoms with Gasteiger partial charge in [0.1, 0.15) is 11.6 Å².